The molecule has 2 aliphatic rings. The van der Waals surface area contributed by atoms with E-state index in [1.165, 1.54) is 5.56 Å². The third kappa shape index (κ3) is 4.37. The molecule has 4 aromatic heterocycles. The van der Waals surface area contributed by atoms with Crippen LogP contribution in [0.1, 0.15) is 31.2 Å². The molecule has 1 aliphatic carbocycles. The number of anilines is 3. The van der Waals surface area contributed by atoms with E-state index in [2.05, 4.69) is 37.4 Å². The molecular weight excluding hydrogens is 450 g/mol. The first-order valence-electron chi connectivity index (χ1n) is 11.7. The lowest BCUT2D eigenvalue weighted by Gasteiger charge is -2.33. The Morgan fingerprint density at radius 2 is 1.97 bits per heavy atom. The zero-order chi connectivity index (χ0) is 23.9. The van der Waals surface area contributed by atoms with E-state index in [1.54, 1.807) is 24.5 Å². The van der Waals surface area contributed by atoms with Crippen molar-refractivity contribution < 1.29 is 8.78 Å². The highest BCUT2D eigenvalue weighted by Gasteiger charge is 2.30. The zero-order valence-corrected chi connectivity index (χ0v) is 19.2. The molecule has 1 saturated carbocycles. The van der Waals surface area contributed by atoms with Gasteiger partial charge in [-0.15, -0.1) is 0 Å². The molecule has 1 unspecified atom stereocenters. The summed E-state index contributed by atoms with van der Waals surface area (Å²) < 4.78 is 27.6. The maximum absolute atomic E-state index is 14.1. The van der Waals surface area contributed by atoms with Crippen molar-refractivity contribution in [2.45, 2.75) is 31.7 Å². The van der Waals surface area contributed by atoms with Crippen LogP contribution in [0.2, 0.25) is 0 Å². The summed E-state index contributed by atoms with van der Waals surface area (Å²) in [4.78, 5) is 24.5. The minimum absolute atomic E-state index is 0.233. The number of halogens is 2. The summed E-state index contributed by atoms with van der Waals surface area (Å²) in [7, 11) is 0. The lowest BCUT2D eigenvalue weighted by atomic mass is 10.1. The molecule has 10 heteroatoms. The van der Waals surface area contributed by atoms with E-state index in [1.807, 2.05) is 6.20 Å². The van der Waals surface area contributed by atoms with Crippen LogP contribution in [0.4, 0.5) is 26.2 Å². The van der Waals surface area contributed by atoms with E-state index in [4.69, 9.17) is 9.97 Å². The fraction of sp³-hybridized carbons (Fsp3) is 0.320. The molecule has 1 aliphatic heterocycles. The monoisotopic (exact) mass is 474 g/mol. The summed E-state index contributed by atoms with van der Waals surface area (Å²) in [5, 5.41) is 7.31. The Kier molecular flexibility index (Phi) is 5.44. The van der Waals surface area contributed by atoms with Gasteiger partial charge in [-0.25, -0.2) is 19.3 Å². The van der Waals surface area contributed by atoms with E-state index >= 15 is 0 Å². The van der Waals surface area contributed by atoms with Gasteiger partial charge in [0.2, 0.25) is 5.95 Å². The second-order valence-electron chi connectivity index (χ2n) is 9.09. The molecule has 1 saturated heterocycles. The van der Waals surface area contributed by atoms with Crippen LogP contribution in [0.25, 0.3) is 22.3 Å². The van der Waals surface area contributed by atoms with Gasteiger partial charge in [-0.1, -0.05) is 0 Å². The summed E-state index contributed by atoms with van der Waals surface area (Å²) in [5.74, 6) is 0.558. The van der Waals surface area contributed by atoms with Gasteiger partial charge in [0.05, 0.1) is 11.7 Å². The summed E-state index contributed by atoms with van der Waals surface area (Å²) in [6.45, 7) is 4.73. The van der Waals surface area contributed by atoms with Gasteiger partial charge in [-0.05, 0) is 55.5 Å². The minimum atomic E-state index is -0.781. The van der Waals surface area contributed by atoms with Crippen molar-refractivity contribution >= 4 is 28.4 Å². The van der Waals surface area contributed by atoms with Gasteiger partial charge in [-0.2, -0.15) is 9.37 Å². The first-order chi connectivity index (χ1) is 17.0. The van der Waals surface area contributed by atoms with Crippen LogP contribution in [-0.4, -0.2) is 50.6 Å². The molecule has 1 atom stereocenters. The van der Waals surface area contributed by atoms with Crippen LogP contribution in [0.3, 0.4) is 0 Å². The molecule has 4 aromatic rings. The summed E-state index contributed by atoms with van der Waals surface area (Å²) in [5.41, 5.74) is 2.70. The molecular formula is C25H24F2N8. The summed E-state index contributed by atoms with van der Waals surface area (Å²) in [6, 6.07) is 5.83. The van der Waals surface area contributed by atoms with E-state index < -0.39 is 11.8 Å². The van der Waals surface area contributed by atoms with Crippen LogP contribution in [0, 0.1) is 11.8 Å². The molecule has 2 N–H and O–H groups in total. The lowest BCUT2D eigenvalue weighted by molar-refractivity contribution is 0.483. The average molecular weight is 475 g/mol. The average Bonchev–Trinajstić information content (AvgIpc) is 3.71. The highest BCUT2D eigenvalue weighted by Crippen LogP contribution is 2.45. The number of piperazine rings is 1. The second kappa shape index (κ2) is 8.77. The van der Waals surface area contributed by atoms with E-state index in [0.29, 0.717) is 29.2 Å². The molecule has 6 rings (SSSR count). The van der Waals surface area contributed by atoms with Crippen molar-refractivity contribution in [2.24, 2.45) is 0 Å². The number of rotatable bonds is 5. The number of nitrogens with zero attached hydrogens (tertiary/aromatic N) is 6. The predicted octanol–water partition coefficient (Wildman–Crippen LogP) is 4.18. The normalized spacial score (nSPS) is 18.1. The number of pyridine rings is 3. The second-order valence-corrected chi connectivity index (χ2v) is 9.09. The highest BCUT2D eigenvalue weighted by atomic mass is 19.1. The molecule has 0 bridgehead atoms. The molecule has 5 heterocycles. The van der Waals surface area contributed by atoms with Crippen molar-refractivity contribution in [3.63, 3.8) is 0 Å². The lowest BCUT2D eigenvalue weighted by Crippen LogP contribution is -2.49. The Morgan fingerprint density at radius 3 is 2.80 bits per heavy atom. The Balaban J connectivity index is 1.44. The molecule has 8 nitrogen and oxygen atoms in total. The SMILES string of the molecule is CC1CN(c2nc(-c3ccnc(Nc4nc(F)ccc4F)c3)nc3cncc(C4CC4)c23)CCN1. The van der Waals surface area contributed by atoms with Gasteiger partial charge in [0.15, 0.2) is 17.5 Å². The smallest absolute Gasteiger partial charge is 0.214 e. The maximum Gasteiger partial charge on any atom is 0.214 e. The maximum atomic E-state index is 14.1. The first kappa shape index (κ1) is 21.7. The number of nitrogens with one attached hydrogen (secondary N) is 2. The fourth-order valence-corrected chi connectivity index (χ4v) is 4.54. The minimum Gasteiger partial charge on any atom is -0.353 e. The van der Waals surface area contributed by atoms with Crippen molar-refractivity contribution in [3.8, 4) is 11.4 Å². The van der Waals surface area contributed by atoms with Gasteiger partial charge in [0.1, 0.15) is 11.6 Å². The zero-order valence-electron chi connectivity index (χ0n) is 19.2. The third-order valence-corrected chi connectivity index (χ3v) is 6.38. The van der Waals surface area contributed by atoms with Crippen molar-refractivity contribution in [1.29, 1.82) is 0 Å². The van der Waals surface area contributed by atoms with E-state index in [9.17, 15) is 8.78 Å². The van der Waals surface area contributed by atoms with Crippen LogP contribution >= 0.6 is 0 Å². The first-order valence-corrected chi connectivity index (χ1v) is 11.7. The van der Waals surface area contributed by atoms with E-state index in [0.717, 1.165) is 61.3 Å². The standard InChI is InChI=1S/C25H24F2N8/c1-14-13-35(9-8-29-14)25-22-17(15-2-3-15)11-28-12-19(22)31-23(34-25)16-6-7-30-21(10-16)33-24-18(26)4-5-20(27)32-24/h4-7,10-12,14-15,29H,2-3,8-9,13H2,1H3,(H,30,32,33). The Morgan fingerprint density at radius 1 is 1.09 bits per heavy atom. The van der Waals surface area contributed by atoms with Crippen molar-refractivity contribution in [3.05, 3.63) is 60.2 Å². The summed E-state index contributed by atoms with van der Waals surface area (Å²) in [6.07, 6.45) is 7.63. The van der Waals surface area contributed by atoms with Gasteiger partial charge < -0.3 is 15.5 Å². The van der Waals surface area contributed by atoms with Crippen molar-refractivity contribution in [1.82, 2.24) is 30.2 Å². The number of fused-ring (bicyclic) bond motifs is 1. The van der Waals surface area contributed by atoms with Crippen molar-refractivity contribution in [2.75, 3.05) is 29.9 Å². The molecule has 0 radical (unpaired) electrons. The molecule has 0 spiro atoms. The van der Waals surface area contributed by atoms with Gasteiger partial charge >= 0.3 is 0 Å². The Labute approximate surface area is 200 Å². The number of aromatic nitrogens is 5. The molecule has 2 fully saturated rings. The van der Waals surface area contributed by atoms with Crippen LogP contribution in [0.5, 0.6) is 0 Å². The predicted molar refractivity (Wildman–Crippen MR) is 130 cm³/mol. The molecule has 0 amide bonds. The van der Waals surface area contributed by atoms with Crippen LogP contribution in [0.15, 0.2) is 42.9 Å². The number of hydrogen-bond acceptors (Lipinski definition) is 8. The third-order valence-electron chi connectivity index (χ3n) is 6.38. The van der Waals surface area contributed by atoms with Crippen LogP contribution < -0.4 is 15.5 Å². The Bertz CT molecular complexity index is 1410. The quantitative estimate of drug-likeness (QED) is 0.417. The largest absolute Gasteiger partial charge is 0.353 e. The topological polar surface area (TPSA) is 91.8 Å². The van der Waals surface area contributed by atoms with Gasteiger partial charge in [-0.3, -0.25) is 4.98 Å². The molecule has 178 valence electrons. The number of hydrogen-bond donors (Lipinski definition) is 2. The Hall–Kier alpha value is -3.79. The molecule has 0 aromatic carbocycles. The van der Waals surface area contributed by atoms with E-state index in [-0.39, 0.29) is 5.82 Å². The fourth-order valence-electron chi connectivity index (χ4n) is 4.54. The summed E-state index contributed by atoms with van der Waals surface area (Å²) >= 11 is 0. The highest BCUT2D eigenvalue weighted by molar-refractivity contribution is 5.94. The van der Waals surface area contributed by atoms with Crippen LogP contribution in [-0.2, 0) is 0 Å². The van der Waals surface area contributed by atoms with Gasteiger partial charge in [0.25, 0.3) is 0 Å². The molecule has 35 heavy (non-hydrogen) atoms. The van der Waals surface area contributed by atoms with Gasteiger partial charge in [0, 0.05) is 49.0 Å².